The van der Waals surface area contributed by atoms with Gasteiger partial charge in [0.15, 0.2) is 0 Å². The minimum absolute atomic E-state index is 0.126. The van der Waals surface area contributed by atoms with E-state index in [-0.39, 0.29) is 16.3 Å². The number of cyclic esters (lactones) is 1. The summed E-state index contributed by atoms with van der Waals surface area (Å²) >= 11 is 2.15. The number of carbonyl (C=O) groups is 1. The minimum atomic E-state index is -0.683. The lowest BCUT2D eigenvalue weighted by molar-refractivity contribution is -0.148. The van der Waals surface area contributed by atoms with E-state index in [0.29, 0.717) is 0 Å². The molecule has 1 N–H and O–H groups in total. The Morgan fingerprint density at radius 2 is 2.45 bits per heavy atom. The Kier molecular flexibility index (Phi) is 2.43. The summed E-state index contributed by atoms with van der Waals surface area (Å²) in [6.45, 7) is 3.68. The summed E-state index contributed by atoms with van der Waals surface area (Å²) in [6, 6.07) is 0. The van der Waals surface area contributed by atoms with Gasteiger partial charge in [0.25, 0.3) is 0 Å². The maximum Gasteiger partial charge on any atom is 0.309 e. The first-order valence-electron chi connectivity index (χ1n) is 3.51. The van der Waals surface area contributed by atoms with Crippen LogP contribution in [0, 0.1) is 0 Å². The summed E-state index contributed by atoms with van der Waals surface area (Å²) < 4.78 is 5.15. The van der Waals surface area contributed by atoms with E-state index < -0.39 is 11.7 Å². The van der Waals surface area contributed by atoms with Gasteiger partial charge in [0, 0.05) is 0 Å². The highest BCUT2D eigenvalue weighted by atomic mass is 127. The number of hydrogen-bond acceptors (Lipinski definition) is 3. The van der Waals surface area contributed by atoms with Gasteiger partial charge < -0.3 is 9.84 Å². The number of alkyl halides is 1. The number of ether oxygens (including phenoxy) is 1. The predicted molar refractivity (Wildman–Crippen MR) is 48.6 cm³/mol. The third kappa shape index (κ3) is 1.51. The molecule has 0 aliphatic carbocycles. The van der Waals surface area contributed by atoms with Crippen LogP contribution in [0.5, 0.6) is 0 Å². The summed E-state index contributed by atoms with van der Waals surface area (Å²) in [5.41, 5.74) is -0.683. The number of carbonyl (C=O) groups excluding carboxylic acids is 1. The summed E-state index contributed by atoms with van der Waals surface area (Å²) in [7, 11) is 0. The van der Waals surface area contributed by atoms with Crippen LogP contribution in [0.4, 0.5) is 0 Å². The molecule has 4 heteroatoms. The normalized spacial score (nSPS) is 40.4. The molecule has 0 aromatic rings. The zero-order chi connectivity index (χ0) is 8.65. The van der Waals surface area contributed by atoms with Gasteiger partial charge in [-0.25, -0.2) is 0 Å². The van der Waals surface area contributed by atoms with Gasteiger partial charge in [-0.3, -0.25) is 4.79 Å². The first kappa shape index (κ1) is 9.25. The highest BCUT2D eigenvalue weighted by Crippen LogP contribution is 2.33. The predicted octanol–water partition coefficient (Wildman–Crippen LogP) is 0.876. The van der Waals surface area contributed by atoms with Gasteiger partial charge in [0.1, 0.15) is 11.7 Å². The van der Waals surface area contributed by atoms with Crippen LogP contribution in [0.1, 0.15) is 20.3 Å². The van der Waals surface area contributed by atoms with Crippen LogP contribution in [-0.2, 0) is 9.53 Å². The van der Waals surface area contributed by atoms with Crippen molar-refractivity contribution in [3.63, 3.8) is 0 Å². The lowest BCUT2D eigenvalue weighted by atomic mass is 9.96. The molecule has 0 amide bonds. The second-order valence-electron chi connectivity index (χ2n) is 2.99. The van der Waals surface area contributed by atoms with E-state index in [1.54, 1.807) is 6.92 Å². The fourth-order valence-electron chi connectivity index (χ4n) is 1.06. The van der Waals surface area contributed by atoms with Crippen LogP contribution in [0.25, 0.3) is 0 Å². The maximum atomic E-state index is 10.8. The van der Waals surface area contributed by atoms with Crippen molar-refractivity contribution in [3.8, 4) is 0 Å². The maximum absolute atomic E-state index is 10.8. The van der Waals surface area contributed by atoms with Crippen LogP contribution < -0.4 is 0 Å². The fraction of sp³-hybridized carbons (Fsp3) is 0.857. The molecule has 1 heterocycles. The smallest absolute Gasteiger partial charge is 0.309 e. The van der Waals surface area contributed by atoms with Crippen molar-refractivity contribution in [3.05, 3.63) is 0 Å². The van der Waals surface area contributed by atoms with Gasteiger partial charge in [-0.1, -0.05) is 22.6 Å². The molecule has 0 bridgehead atoms. The Morgan fingerprint density at radius 1 is 1.91 bits per heavy atom. The average Bonchev–Trinajstić information content (AvgIpc) is 2.08. The second kappa shape index (κ2) is 2.90. The van der Waals surface area contributed by atoms with Crippen molar-refractivity contribution >= 4 is 28.6 Å². The minimum Gasteiger partial charge on any atom is -0.455 e. The molecule has 64 valence electrons. The van der Waals surface area contributed by atoms with Gasteiger partial charge in [0.05, 0.1) is 10.3 Å². The lowest BCUT2D eigenvalue weighted by Crippen LogP contribution is -2.42. The molecule has 3 nitrogen and oxygen atoms in total. The van der Waals surface area contributed by atoms with E-state index in [9.17, 15) is 9.90 Å². The molecule has 0 spiro atoms. The molecule has 1 aliphatic rings. The Morgan fingerprint density at radius 3 is 2.64 bits per heavy atom. The SMILES string of the molecule is C[C@@H](I)[C@]1(C)OC(=O)C[C@H]1O. The first-order chi connectivity index (χ1) is 4.97. The van der Waals surface area contributed by atoms with E-state index in [0.717, 1.165) is 0 Å². The van der Waals surface area contributed by atoms with Crippen molar-refractivity contribution in [2.24, 2.45) is 0 Å². The van der Waals surface area contributed by atoms with Gasteiger partial charge >= 0.3 is 5.97 Å². The molecular formula is C7H11IO3. The van der Waals surface area contributed by atoms with Crippen LogP contribution >= 0.6 is 22.6 Å². The van der Waals surface area contributed by atoms with Crippen molar-refractivity contribution in [1.82, 2.24) is 0 Å². The zero-order valence-corrected chi connectivity index (χ0v) is 8.66. The molecule has 1 rings (SSSR count). The highest BCUT2D eigenvalue weighted by Gasteiger charge is 2.47. The molecule has 1 aliphatic heterocycles. The Balaban J connectivity index is 2.78. The van der Waals surface area contributed by atoms with E-state index in [4.69, 9.17) is 4.74 Å². The van der Waals surface area contributed by atoms with Crippen molar-refractivity contribution < 1.29 is 14.6 Å². The van der Waals surface area contributed by atoms with Gasteiger partial charge in [0.2, 0.25) is 0 Å². The molecule has 1 saturated heterocycles. The van der Waals surface area contributed by atoms with Gasteiger partial charge in [-0.15, -0.1) is 0 Å². The largest absolute Gasteiger partial charge is 0.455 e. The quantitative estimate of drug-likeness (QED) is 0.437. The molecule has 0 aromatic heterocycles. The number of aliphatic hydroxyl groups is 1. The second-order valence-corrected chi connectivity index (χ2v) is 4.86. The summed E-state index contributed by atoms with van der Waals surface area (Å²) in [4.78, 5) is 10.8. The van der Waals surface area contributed by atoms with Gasteiger partial charge in [-0.05, 0) is 13.8 Å². The fourth-order valence-corrected chi connectivity index (χ4v) is 1.60. The molecular weight excluding hydrogens is 259 g/mol. The Bertz CT molecular complexity index is 181. The van der Waals surface area contributed by atoms with Crippen LogP contribution in [0.15, 0.2) is 0 Å². The highest BCUT2D eigenvalue weighted by molar-refractivity contribution is 14.1. The number of esters is 1. The van der Waals surface area contributed by atoms with E-state index in [1.165, 1.54) is 0 Å². The molecule has 11 heavy (non-hydrogen) atoms. The third-order valence-electron chi connectivity index (χ3n) is 2.15. The van der Waals surface area contributed by atoms with Crippen LogP contribution in [-0.4, -0.2) is 26.7 Å². The number of hydrogen-bond donors (Lipinski definition) is 1. The molecule has 3 atom stereocenters. The molecule has 0 saturated carbocycles. The van der Waals surface area contributed by atoms with E-state index in [2.05, 4.69) is 22.6 Å². The van der Waals surface area contributed by atoms with Crippen molar-refractivity contribution in [2.75, 3.05) is 0 Å². The summed E-state index contributed by atoms with van der Waals surface area (Å²) in [5, 5.41) is 9.44. The monoisotopic (exact) mass is 270 g/mol. The van der Waals surface area contributed by atoms with Crippen LogP contribution in [0.2, 0.25) is 0 Å². The van der Waals surface area contributed by atoms with E-state index >= 15 is 0 Å². The van der Waals surface area contributed by atoms with Crippen LogP contribution in [0.3, 0.4) is 0 Å². The third-order valence-corrected chi connectivity index (χ3v) is 3.38. The number of halogens is 1. The molecule has 0 radical (unpaired) electrons. The van der Waals surface area contributed by atoms with Crippen molar-refractivity contribution in [2.45, 2.75) is 35.9 Å². The topological polar surface area (TPSA) is 46.5 Å². The molecule has 1 fully saturated rings. The summed E-state index contributed by atoms with van der Waals surface area (Å²) in [6.07, 6.45) is -0.522. The zero-order valence-electron chi connectivity index (χ0n) is 6.50. The lowest BCUT2D eigenvalue weighted by Gasteiger charge is -2.28. The standard InChI is InChI=1S/C7H11IO3/c1-4(8)7(2)5(9)3-6(10)11-7/h4-5,9H,3H2,1-2H3/t4-,5-,7+/m1/s1. The number of aliphatic hydroxyl groups excluding tert-OH is 1. The molecule has 0 unspecified atom stereocenters. The van der Waals surface area contributed by atoms with E-state index in [1.807, 2.05) is 6.92 Å². The first-order valence-corrected chi connectivity index (χ1v) is 4.75. The average molecular weight is 270 g/mol. The van der Waals surface area contributed by atoms with Crippen molar-refractivity contribution in [1.29, 1.82) is 0 Å². The number of rotatable bonds is 1. The summed E-state index contributed by atoms with van der Waals surface area (Å²) in [5.74, 6) is -0.302. The Labute approximate surface area is 79.3 Å². The Hall–Kier alpha value is 0.160. The van der Waals surface area contributed by atoms with Gasteiger partial charge in [-0.2, -0.15) is 0 Å². The molecule has 0 aromatic carbocycles.